The van der Waals surface area contributed by atoms with Crippen LogP contribution < -0.4 is 5.32 Å². The third-order valence-corrected chi connectivity index (χ3v) is 4.76. The lowest BCUT2D eigenvalue weighted by Crippen LogP contribution is -2.04. The van der Waals surface area contributed by atoms with Crippen molar-refractivity contribution in [3.8, 4) is 11.1 Å². The smallest absolute Gasteiger partial charge is 0.337 e. The molecule has 4 rings (SSSR count). The number of carbonyl (C=O) groups excluding carboxylic acids is 1. The Balaban J connectivity index is 1.94. The Morgan fingerprint density at radius 1 is 1.07 bits per heavy atom. The SMILES string of the molecule is Cc1c(C(=O)O)c[nH]c1/C=C1\C(=O)Nc2cccc(-c3c(F)cccc3F)c21. The number of aromatic amines is 1. The molecule has 140 valence electrons. The highest BCUT2D eigenvalue weighted by Gasteiger charge is 2.29. The van der Waals surface area contributed by atoms with Gasteiger partial charge in [-0.2, -0.15) is 0 Å². The van der Waals surface area contributed by atoms with Crippen LogP contribution in [0.3, 0.4) is 0 Å². The van der Waals surface area contributed by atoms with E-state index < -0.39 is 23.5 Å². The average Bonchev–Trinajstić information content (AvgIpc) is 3.16. The number of carboxylic acid groups (broad SMARTS) is 1. The number of aromatic nitrogens is 1. The molecule has 0 atom stereocenters. The molecule has 0 bridgehead atoms. The third-order valence-electron chi connectivity index (χ3n) is 4.76. The van der Waals surface area contributed by atoms with Gasteiger partial charge in [-0.1, -0.05) is 18.2 Å². The van der Waals surface area contributed by atoms with E-state index in [1.54, 1.807) is 25.1 Å². The zero-order chi connectivity index (χ0) is 20.0. The van der Waals surface area contributed by atoms with Crippen LogP contribution in [0.2, 0.25) is 0 Å². The molecule has 1 aliphatic heterocycles. The van der Waals surface area contributed by atoms with Crippen molar-refractivity contribution in [3.63, 3.8) is 0 Å². The summed E-state index contributed by atoms with van der Waals surface area (Å²) >= 11 is 0. The molecule has 7 heteroatoms. The summed E-state index contributed by atoms with van der Waals surface area (Å²) in [6.45, 7) is 1.61. The van der Waals surface area contributed by atoms with Crippen LogP contribution in [0.25, 0.3) is 22.8 Å². The van der Waals surface area contributed by atoms with E-state index in [4.69, 9.17) is 0 Å². The molecule has 5 nitrogen and oxygen atoms in total. The second kappa shape index (κ2) is 6.45. The standard InChI is InChI=1S/C21H14F2N2O3/c1-10-13(21(27)28)9-24-17(10)8-12-18-11(4-2-7-16(18)25-20(12)26)19-14(22)5-3-6-15(19)23/h2-9,24H,1H3,(H,25,26)(H,27,28)/b12-8-. The van der Waals surface area contributed by atoms with Crippen LogP contribution in [0, 0.1) is 18.6 Å². The number of halogens is 2. The van der Waals surface area contributed by atoms with E-state index in [0.717, 1.165) is 12.1 Å². The first-order chi connectivity index (χ1) is 13.4. The molecule has 0 saturated heterocycles. The quantitative estimate of drug-likeness (QED) is 0.587. The number of rotatable bonds is 3. The highest BCUT2D eigenvalue weighted by Crippen LogP contribution is 2.42. The number of fused-ring (bicyclic) bond motifs is 1. The van der Waals surface area contributed by atoms with Gasteiger partial charge < -0.3 is 15.4 Å². The monoisotopic (exact) mass is 380 g/mol. The first-order valence-electron chi connectivity index (χ1n) is 8.40. The molecule has 3 N–H and O–H groups in total. The number of nitrogens with one attached hydrogen (secondary N) is 2. The van der Waals surface area contributed by atoms with Crippen molar-refractivity contribution in [1.29, 1.82) is 0 Å². The molecule has 1 aromatic heterocycles. The van der Waals surface area contributed by atoms with E-state index in [2.05, 4.69) is 10.3 Å². The van der Waals surface area contributed by atoms with Gasteiger partial charge in [0.25, 0.3) is 5.91 Å². The first-order valence-corrected chi connectivity index (χ1v) is 8.40. The molecule has 3 aromatic rings. The van der Waals surface area contributed by atoms with Gasteiger partial charge in [0.1, 0.15) is 11.6 Å². The van der Waals surface area contributed by atoms with Crippen molar-refractivity contribution in [2.24, 2.45) is 0 Å². The summed E-state index contributed by atoms with van der Waals surface area (Å²) < 4.78 is 28.8. The predicted octanol–water partition coefficient (Wildman–Crippen LogP) is 4.46. The summed E-state index contributed by atoms with van der Waals surface area (Å²) in [7, 11) is 0. The molecule has 0 aliphatic carbocycles. The number of H-pyrrole nitrogens is 1. The molecule has 28 heavy (non-hydrogen) atoms. The summed E-state index contributed by atoms with van der Waals surface area (Å²) in [4.78, 5) is 26.6. The minimum absolute atomic E-state index is 0.0823. The number of amides is 1. The summed E-state index contributed by atoms with van der Waals surface area (Å²) in [6.07, 6.45) is 2.82. The van der Waals surface area contributed by atoms with E-state index in [9.17, 15) is 23.5 Å². The molecule has 2 heterocycles. The van der Waals surface area contributed by atoms with Gasteiger partial charge in [0.05, 0.1) is 16.7 Å². The molecule has 1 amide bonds. The second-order valence-electron chi connectivity index (χ2n) is 6.38. The molecule has 1 aliphatic rings. The Morgan fingerprint density at radius 2 is 1.75 bits per heavy atom. The van der Waals surface area contributed by atoms with Gasteiger partial charge >= 0.3 is 5.97 Å². The van der Waals surface area contributed by atoms with Gasteiger partial charge in [-0.3, -0.25) is 4.79 Å². The van der Waals surface area contributed by atoms with Crippen LogP contribution >= 0.6 is 0 Å². The Hall–Kier alpha value is -3.74. The van der Waals surface area contributed by atoms with Gasteiger partial charge in [0.2, 0.25) is 0 Å². The normalized spacial score (nSPS) is 14.2. The third kappa shape index (κ3) is 2.68. The number of aromatic carboxylic acids is 1. The predicted molar refractivity (Wildman–Crippen MR) is 101 cm³/mol. The van der Waals surface area contributed by atoms with E-state index >= 15 is 0 Å². The number of benzene rings is 2. The molecule has 0 spiro atoms. The lowest BCUT2D eigenvalue weighted by molar-refractivity contribution is -0.110. The van der Waals surface area contributed by atoms with Crippen molar-refractivity contribution < 1.29 is 23.5 Å². The minimum Gasteiger partial charge on any atom is -0.478 e. The lowest BCUT2D eigenvalue weighted by atomic mass is 9.93. The van der Waals surface area contributed by atoms with E-state index in [1.165, 1.54) is 18.3 Å². The molecule has 0 unspecified atom stereocenters. The van der Waals surface area contributed by atoms with Gasteiger partial charge in [-0.15, -0.1) is 0 Å². The second-order valence-corrected chi connectivity index (χ2v) is 6.38. The fourth-order valence-corrected chi connectivity index (χ4v) is 3.38. The Bertz CT molecular complexity index is 1160. The van der Waals surface area contributed by atoms with E-state index in [0.29, 0.717) is 22.5 Å². The maximum Gasteiger partial charge on any atom is 0.337 e. The van der Waals surface area contributed by atoms with Gasteiger partial charge in [-0.25, -0.2) is 13.6 Å². The largest absolute Gasteiger partial charge is 0.478 e. The van der Waals surface area contributed by atoms with Gasteiger partial charge in [-0.05, 0) is 42.3 Å². The molecular formula is C21H14F2N2O3. The summed E-state index contributed by atoms with van der Waals surface area (Å²) in [5, 5.41) is 11.9. The Labute approximate surface area is 158 Å². The molecular weight excluding hydrogens is 366 g/mol. The summed E-state index contributed by atoms with van der Waals surface area (Å²) in [5.41, 5.74) is 1.96. The van der Waals surface area contributed by atoms with Crippen LogP contribution in [0.5, 0.6) is 0 Å². The van der Waals surface area contributed by atoms with Crippen molar-refractivity contribution >= 4 is 29.2 Å². The Kier molecular flexibility index (Phi) is 4.07. The number of hydrogen-bond donors (Lipinski definition) is 3. The van der Waals surface area contributed by atoms with Gasteiger partial charge in [0, 0.05) is 23.1 Å². The molecule has 0 radical (unpaired) electrons. The van der Waals surface area contributed by atoms with Crippen LogP contribution in [0.15, 0.2) is 42.6 Å². The number of carbonyl (C=O) groups is 2. The highest BCUT2D eigenvalue weighted by molar-refractivity contribution is 6.36. The molecule has 2 aromatic carbocycles. The zero-order valence-corrected chi connectivity index (χ0v) is 14.6. The zero-order valence-electron chi connectivity index (χ0n) is 14.6. The summed E-state index contributed by atoms with van der Waals surface area (Å²) in [5.74, 6) is -3.01. The number of anilines is 1. The van der Waals surface area contributed by atoms with Crippen LogP contribution in [0.1, 0.15) is 27.2 Å². The van der Waals surface area contributed by atoms with E-state index in [-0.39, 0.29) is 22.3 Å². The fraction of sp³-hybridized carbons (Fsp3) is 0.0476. The topological polar surface area (TPSA) is 82.2 Å². The number of carboxylic acids is 1. The summed E-state index contributed by atoms with van der Waals surface area (Å²) in [6, 6.07) is 8.36. The maximum absolute atomic E-state index is 14.4. The van der Waals surface area contributed by atoms with Crippen molar-refractivity contribution in [2.45, 2.75) is 6.92 Å². The fourth-order valence-electron chi connectivity index (χ4n) is 3.38. The number of hydrogen-bond acceptors (Lipinski definition) is 2. The maximum atomic E-state index is 14.4. The van der Waals surface area contributed by atoms with E-state index in [1.807, 2.05) is 0 Å². The van der Waals surface area contributed by atoms with Crippen LogP contribution in [-0.4, -0.2) is 22.0 Å². The van der Waals surface area contributed by atoms with Crippen LogP contribution in [0.4, 0.5) is 14.5 Å². The van der Waals surface area contributed by atoms with Crippen molar-refractivity contribution in [1.82, 2.24) is 4.98 Å². The van der Waals surface area contributed by atoms with Crippen molar-refractivity contribution in [2.75, 3.05) is 5.32 Å². The minimum atomic E-state index is -1.09. The molecule has 0 saturated carbocycles. The molecule has 0 fully saturated rings. The van der Waals surface area contributed by atoms with Crippen LogP contribution in [-0.2, 0) is 4.79 Å². The Morgan fingerprint density at radius 3 is 2.39 bits per heavy atom. The van der Waals surface area contributed by atoms with Crippen molar-refractivity contribution in [3.05, 3.63) is 76.6 Å². The lowest BCUT2D eigenvalue weighted by Gasteiger charge is -2.10. The average molecular weight is 380 g/mol. The first kappa shape index (κ1) is 17.7. The van der Waals surface area contributed by atoms with Gasteiger partial charge in [0.15, 0.2) is 0 Å². The highest BCUT2D eigenvalue weighted by atomic mass is 19.1.